The molecule has 0 unspecified atom stereocenters. The van der Waals surface area contributed by atoms with Crippen molar-refractivity contribution < 1.29 is 17.9 Å². The van der Waals surface area contributed by atoms with Crippen LogP contribution in [0.25, 0.3) is 11.1 Å². The van der Waals surface area contributed by atoms with Crippen LogP contribution in [0, 0.1) is 17.1 Å². The number of unbranched alkanes of at least 4 members (excludes halogenated alkanes) is 1. The van der Waals surface area contributed by atoms with E-state index in [1.807, 2.05) is 13.8 Å². The molecule has 0 amide bonds. The van der Waals surface area contributed by atoms with E-state index in [4.69, 9.17) is 0 Å². The Morgan fingerprint density at radius 1 is 1.13 bits per heavy atom. The maximum absolute atomic E-state index is 14.2. The van der Waals surface area contributed by atoms with Crippen LogP contribution >= 0.6 is 0 Å². The zero-order valence-electron chi connectivity index (χ0n) is 21.5. The SMILES string of the molecule is CCCCc1nc(=O)c(S(=O)(=O)c2ccc(-c3ccncc3F)cc2)c(O)n1[C@@H](CC)c1cccc(C#N)c1. The molecule has 39 heavy (non-hydrogen) atoms. The third kappa shape index (κ3) is 5.45. The molecule has 0 fully saturated rings. The fourth-order valence-corrected chi connectivity index (χ4v) is 5.89. The number of nitrogens with zero attached hydrogens (tertiary/aromatic N) is 4. The fraction of sp³-hybridized carbons (Fsp3) is 0.241. The van der Waals surface area contributed by atoms with Crippen LogP contribution < -0.4 is 5.56 Å². The number of nitriles is 1. The number of benzene rings is 2. The van der Waals surface area contributed by atoms with Crippen LogP contribution in [-0.2, 0) is 16.3 Å². The zero-order chi connectivity index (χ0) is 28.2. The van der Waals surface area contributed by atoms with Crippen LogP contribution in [-0.4, -0.2) is 28.1 Å². The lowest BCUT2D eigenvalue weighted by atomic mass is 10.0. The monoisotopic (exact) mass is 546 g/mol. The molecule has 1 atom stereocenters. The molecule has 10 heteroatoms. The summed E-state index contributed by atoms with van der Waals surface area (Å²) in [7, 11) is -4.51. The van der Waals surface area contributed by atoms with Crippen LogP contribution in [0.4, 0.5) is 4.39 Å². The van der Waals surface area contributed by atoms with Gasteiger partial charge in [0.05, 0.1) is 28.8 Å². The molecule has 0 saturated carbocycles. The van der Waals surface area contributed by atoms with Gasteiger partial charge in [0.15, 0.2) is 4.90 Å². The Morgan fingerprint density at radius 2 is 1.87 bits per heavy atom. The highest BCUT2D eigenvalue weighted by Crippen LogP contribution is 2.34. The van der Waals surface area contributed by atoms with E-state index in [2.05, 4.69) is 16.0 Å². The molecule has 0 bridgehead atoms. The van der Waals surface area contributed by atoms with Crippen molar-refractivity contribution in [2.24, 2.45) is 0 Å². The summed E-state index contributed by atoms with van der Waals surface area (Å²) in [5.41, 5.74) is 0.688. The van der Waals surface area contributed by atoms with Gasteiger partial charge in [-0.1, -0.05) is 44.5 Å². The highest BCUT2D eigenvalue weighted by atomic mass is 32.2. The summed E-state index contributed by atoms with van der Waals surface area (Å²) in [6.45, 7) is 3.83. The molecule has 8 nitrogen and oxygen atoms in total. The van der Waals surface area contributed by atoms with Gasteiger partial charge in [0.25, 0.3) is 5.56 Å². The van der Waals surface area contributed by atoms with Crippen molar-refractivity contribution in [2.45, 2.75) is 55.4 Å². The first kappa shape index (κ1) is 27.7. The Bertz CT molecular complexity index is 1710. The van der Waals surface area contributed by atoms with E-state index >= 15 is 0 Å². The highest BCUT2D eigenvalue weighted by molar-refractivity contribution is 7.91. The lowest BCUT2D eigenvalue weighted by molar-refractivity contribution is 0.358. The van der Waals surface area contributed by atoms with Crippen molar-refractivity contribution in [3.63, 3.8) is 0 Å². The maximum atomic E-state index is 14.2. The van der Waals surface area contributed by atoms with Gasteiger partial charge in [-0.15, -0.1) is 0 Å². The van der Waals surface area contributed by atoms with Crippen molar-refractivity contribution in [3.8, 4) is 23.1 Å². The molecule has 1 N–H and O–H groups in total. The minimum atomic E-state index is -4.51. The van der Waals surface area contributed by atoms with E-state index in [1.165, 1.54) is 41.1 Å². The summed E-state index contributed by atoms with van der Waals surface area (Å²) in [5, 5.41) is 20.8. The second-order valence-electron chi connectivity index (χ2n) is 9.00. The lowest BCUT2D eigenvalue weighted by Crippen LogP contribution is -2.27. The third-order valence-electron chi connectivity index (χ3n) is 6.50. The predicted molar refractivity (Wildman–Crippen MR) is 143 cm³/mol. The van der Waals surface area contributed by atoms with E-state index in [9.17, 15) is 28.0 Å². The van der Waals surface area contributed by atoms with Crippen molar-refractivity contribution in [2.75, 3.05) is 0 Å². The Balaban J connectivity index is 1.88. The largest absolute Gasteiger partial charge is 0.493 e. The van der Waals surface area contributed by atoms with Crippen LogP contribution in [0.2, 0.25) is 0 Å². The lowest BCUT2D eigenvalue weighted by Gasteiger charge is -2.25. The zero-order valence-corrected chi connectivity index (χ0v) is 22.3. The van der Waals surface area contributed by atoms with Gasteiger partial charge in [0.1, 0.15) is 11.6 Å². The number of aryl methyl sites for hydroxylation is 1. The molecular weight excluding hydrogens is 519 g/mol. The van der Waals surface area contributed by atoms with E-state index in [0.29, 0.717) is 36.0 Å². The summed E-state index contributed by atoms with van der Waals surface area (Å²) in [4.78, 5) is 19.9. The van der Waals surface area contributed by atoms with Crippen molar-refractivity contribution >= 4 is 9.84 Å². The molecule has 2 heterocycles. The average molecular weight is 547 g/mol. The topological polar surface area (TPSA) is 126 Å². The van der Waals surface area contributed by atoms with Crippen molar-refractivity contribution in [1.82, 2.24) is 14.5 Å². The number of aromatic hydroxyl groups is 1. The first-order chi connectivity index (χ1) is 18.7. The molecule has 0 radical (unpaired) electrons. The molecular formula is C29H27FN4O4S. The van der Waals surface area contributed by atoms with E-state index in [1.54, 1.807) is 24.3 Å². The molecule has 0 spiro atoms. The van der Waals surface area contributed by atoms with E-state index in [0.717, 1.165) is 12.6 Å². The summed E-state index contributed by atoms with van der Waals surface area (Å²) in [5.74, 6) is -1.01. The van der Waals surface area contributed by atoms with Gasteiger partial charge in [0.2, 0.25) is 15.7 Å². The normalized spacial score (nSPS) is 12.2. The number of sulfone groups is 1. The van der Waals surface area contributed by atoms with Gasteiger partial charge in [0, 0.05) is 18.2 Å². The van der Waals surface area contributed by atoms with Gasteiger partial charge in [-0.3, -0.25) is 14.3 Å². The Labute approximate surface area is 226 Å². The van der Waals surface area contributed by atoms with Gasteiger partial charge >= 0.3 is 0 Å². The molecule has 4 aromatic rings. The Hall–Kier alpha value is -4.36. The third-order valence-corrected chi connectivity index (χ3v) is 8.29. The quantitative estimate of drug-likeness (QED) is 0.306. The summed E-state index contributed by atoms with van der Waals surface area (Å²) in [6.07, 6.45) is 4.72. The number of rotatable bonds is 9. The van der Waals surface area contributed by atoms with Crippen LogP contribution in [0.5, 0.6) is 5.88 Å². The second kappa shape index (κ2) is 11.6. The first-order valence-corrected chi connectivity index (χ1v) is 14.0. The van der Waals surface area contributed by atoms with Crippen molar-refractivity contribution in [1.29, 1.82) is 5.26 Å². The standard InChI is InChI=1S/C29H27FN4O4S/c1-3-5-9-26-33-28(35)27(29(36)34(26)25(4-2)21-8-6-7-19(16-21)17-31)39(37,38)22-12-10-20(11-13-22)23-14-15-32-18-24(23)30/h6-8,10-16,18,25,36H,3-5,9H2,1-2H3/t25-/m0/s1. The highest BCUT2D eigenvalue weighted by Gasteiger charge is 2.32. The molecule has 0 aliphatic rings. The second-order valence-corrected chi connectivity index (χ2v) is 10.9. The van der Waals surface area contributed by atoms with Gasteiger partial charge in [-0.25, -0.2) is 12.8 Å². The molecule has 0 saturated heterocycles. The number of halogens is 1. The molecule has 0 aliphatic carbocycles. The fourth-order valence-electron chi connectivity index (χ4n) is 4.55. The number of hydrogen-bond donors (Lipinski definition) is 1. The summed E-state index contributed by atoms with van der Waals surface area (Å²) >= 11 is 0. The molecule has 200 valence electrons. The van der Waals surface area contributed by atoms with Crippen LogP contribution in [0.3, 0.4) is 0 Å². The van der Waals surface area contributed by atoms with Gasteiger partial charge in [-0.2, -0.15) is 10.2 Å². The molecule has 4 rings (SSSR count). The predicted octanol–water partition coefficient (Wildman–Crippen LogP) is 5.20. The first-order valence-electron chi connectivity index (χ1n) is 12.5. The number of aromatic nitrogens is 3. The number of hydrogen-bond acceptors (Lipinski definition) is 7. The van der Waals surface area contributed by atoms with E-state index in [-0.39, 0.29) is 16.3 Å². The van der Waals surface area contributed by atoms with Gasteiger partial charge < -0.3 is 5.11 Å². The molecule has 2 aromatic carbocycles. The van der Waals surface area contributed by atoms with Gasteiger partial charge in [-0.05, 0) is 54.3 Å². The Morgan fingerprint density at radius 3 is 2.51 bits per heavy atom. The Kier molecular flexibility index (Phi) is 8.21. The summed E-state index contributed by atoms with van der Waals surface area (Å²) in [6, 6.07) is 15.1. The molecule has 2 aromatic heterocycles. The number of pyridine rings is 1. The van der Waals surface area contributed by atoms with Crippen LogP contribution in [0.15, 0.2) is 81.6 Å². The van der Waals surface area contributed by atoms with Crippen LogP contribution in [0.1, 0.15) is 56.1 Å². The molecule has 0 aliphatic heterocycles. The smallest absolute Gasteiger partial charge is 0.296 e. The minimum absolute atomic E-state index is 0.242. The average Bonchev–Trinajstić information content (AvgIpc) is 2.94. The summed E-state index contributed by atoms with van der Waals surface area (Å²) < 4.78 is 42.9. The maximum Gasteiger partial charge on any atom is 0.296 e. The van der Waals surface area contributed by atoms with Crippen molar-refractivity contribution in [3.05, 3.63) is 100 Å². The van der Waals surface area contributed by atoms with E-state index < -0.39 is 38.0 Å². The minimum Gasteiger partial charge on any atom is -0.493 e.